The van der Waals surface area contributed by atoms with Crippen molar-refractivity contribution in [3.05, 3.63) is 23.7 Å². The Morgan fingerprint density at radius 2 is 2.30 bits per heavy atom. The number of carbonyl (C=O) groups excluding carboxylic acids is 1. The van der Waals surface area contributed by atoms with Crippen molar-refractivity contribution in [1.29, 1.82) is 0 Å². The molecule has 1 unspecified atom stereocenters. The van der Waals surface area contributed by atoms with Crippen molar-refractivity contribution < 1.29 is 19.1 Å². The van der Waals surface area contributed by atoms with Crippen LogP contribution in [-0.4, -0.2) is 30.1 Å². The smallest absolute Gasteiger partial charge is 0.371 e. The molecule has 0 aromatic carbocycles. The molecule has 1 aliphatic rings. The SMILES string of the molecule is O=C(CCC1CCCNC1)NCc1ccc(C(=O)O)o1. The topological polar surface area (TPSA) is 91.6 Å². The number of aromatic carboxylic acids is 1. The van der Waals surface area contributed by atoms with E-state index >= 15 is 0 Å². The van der Waals surface area contributed by atoms with Crippen LogP contribution in [0.3, 0.4) is 0 Å². The quantitative estimate of drug-likeness (QED) is 0.732. The van der Waals surface area contributed by atoms with Gasteiger partial charge in [0.15, 0.2) is 0 Å². The largest absolute Gasteiger partial charge is 0.475 e. The number of amides is 1. The zero-order valence-electron chi connectivity index (χ0n) is 11.4. The van der Waals surface area contributed by atoms with Crippen LogP contribution in [0.4, 0.5) is 0 Å². The molecule has 6 nitrogen and oxygen atoms in total. The molecule has 1 aromatic rings. The highest BCUT2D eigenvalue weighted by Gasteiger charge is 2.15. The van der Waals surface area contributed by atoms with Gasteiger partial charge in [-0.15, -0.1) is 0 Å². The number of rotatable bonds is 6. The van der Waals surface area contributed by atoms with Gasteiger partial charge in [0.2, 0.25) is 11.7 Å². The number of piperidine rings is 1. The highest BCUT2D eigenvalue weighted by Crippen LogP contribution is 2.15. The van der Waals surface area contributed by atoms with Gasteiger partial charge in [0.05, 0.1) is 6.54 Å². The minimum atomic E-state index is -1.10. The predicted octanol–water partition coefficient (Wildman–Crippen LogP) is 1.37. The Labute approximate surface area is 117 Å². The summed E-state index contributed by atoms with van der Waals surface area (Å²) >= 11 is 0. The zero-order valence-corrected chi connectivity index (χ0v) is 11.4. The van der Waals surface area contributed by atoms with Gasteiger partial charge >= 0.3 is 5.97 Å². The molecule has 1 atom stereocenters. The number of carboxylic acid groups (broad SMARTS) is 1. The molecule has 110 valence electrons. The van der Waals surface area contributed by atoms with E-state index in [-0.39, 0.29) is 18.2 Å². The number of furan rings is 1. The molecule has 0 saturated carbocycles. The zero-order chi connectivity index (χ0) is 14.4. The third-order valence-corrected chi connectivity index (χ3v) is 3.51. The van der Waals surface area contributed by atoms with Gasteiger partial charge in [0.1, 0.15) is 5.76 Å². The monoisotopic (exact) mass is 280 g/mol. The highest BCUT2D eigenvalue weighted by molar-refractivity contribution is 5.84. The lowest BCUT2D eigenvalue weighted by molar-refractivity contribution is -0.121. The van der Waals surface area contributed by atoms with Gasteiger partial charge in [-0.2, -0.15) is 0 Å². The minimum absolute atomic E-state index is 0.0242. The van der Waals surface area contributed by atoms with E-state index in [1.807, 2.05) is 0 Å². The summed E-state index contributed by atoms with van der Waals surface area (Å²) in [5.41, 5.74) is 0. The van der Waals surface area contributed by atoms with Crippen LogP contribution in [0.1, 0.15) is 42.0 Å². The Kier molecular flexibility index (Phi) is 5.17. The molecule has 1 saturated heterocycles. The molecule has 6 heteroatoms. The molecule has 1 amide bonds. The van der Waals surface area contributed by atoms with Gasteiger partial charge in [-0.25, -0.2) is 4.79 Å². The lowest BCUT2D eigenvalue weighted by atomic mass is 9.94. The van der Waals surface area contributed by atoms with E-state index in [4.69, 9.17) is 9.52 Å². The van der Waals surface area contributed by atoms with E-state index in [9.17, 15) is 9.59 Å². The molecule has 0 bridgehead atoms. The lowest BCUT2D eigenvalue weighted by Crippen LogP contribution is -2.31. The predicted molar refractivity (Wildman–Crippen MR) is 72.3 cm³/mol. The van der Waals surface area contributed by atoms with Gasteiger partial charge in [0.25, 0.3) is 0 Å². The van der Waals surface area contributed by atoms with E-state index in [0.717, 1.165) is 19.5 Å². The first-order valence-electron chi connectivity index (χ1n) is 6.94. The first-order chi connectivity index (χ1) is 9.65. The fourth-order valence-corrected chi connectivity index (χ4v) is 2.37. The summed E-state index contributed by atoms with van der Waals surface area (Å²) in [6.45, 7) is 2.30. The molecular formula is C14H20N2O4. The molecule has 0 radical (unpaired) electrons. The van der Waals surface area contributed by atoms with Gasteiger partial charge in [-0.1, -0.05) is 0 Å². The Morgan fingerprint density at radius 3 is 2.95 bits per heavy atom. The lowest BCUT2D eigenvalue weighted by Gasteiger charge is -2.22. The molecule has 1 fully saturated rings. The van der Waals surface area contributed by atoms with Crippen molar-refractivity contribution in [3.8, 4) is 0 Å². The molecule has 2 rings (SSSR count). The fourth-order valence-electron chi connectivity index (χ4n) is 2.37. The van der Waals surface area contributed by atoms with E-state index in [1.54, 1.807) is 6.07 Å². The standard InChI is InChI=1S/C14H20N2O4/c17-13(6-3-10-2-1-7-15-8-10)16-9-11-4-5-12(20-11)14(18)19/h4-5,10,15H,1-3,6-9H2,(H,16,17)(H,18,19). The Morgan fingerprint density at radius 1 is 1.45 bits per heavy atom. The number of hydrogen-bond donors (Lipinski definition) is 3. The van der Waals surface area contributed by atoms with Crippen molar-refractivity contribution in [2.75, 3.05) is 13.1 Å². The van der Waals surface area contributed by atoms with Crippen LogP contribution in [0.5, 0.6) is 0 Å². The van der Waals surface area contributed by atoms with Crippen LogP contribution >= 0.6 is 0 Å². The molecule has 20 heavy (non-hydrogen) atoms. The summed E-state index contributed by atoms with van der Waals surface area (Å²) in [6.07, 6.45) is 3.74. The summed E-state index contributed by atoms with van der Waals surface area (Å²) < 4.78 is 5.07. The van der Waals surface area contributed by atoms with E-state index in [2.05, 4.69) is 10.6 Å². The number of nitrogens with one attached hydrogen (secondary N) is 2. The van der Waals surface area contributed by atoms with Crippen molar-refractivity contribution in [2.45, 2.75) is 32.2 Å². The van der Waals surface area contributed by atoms with Crippen molar-refractivity contribution in [2.24, 2.45) is 5.92 Å². The van der Waals surface area contributed by atoms with Crippen LogP contribution in [0.25, 0.3) is 0 Å². The van der Waals surface area contributed by atoms with Crippen LogP contribution in [-0.2, 0) is 11.3 Å². The molecule has 0 spiro atoms. The van der Waals surface area contributed by atoms with Crippen LogP contribution in [0.2, 0.25) is 0 Å². The third-order valence-electron chi connectivity index (χ3n) is 3.51. The minimum Gasteiger partial charge on any atom is -0.475 e. The molecular weight excluding hydrogens is 260 g/mol. The second kappa shape index (κ2) is 7.09. The van der Waals surface area contributed by atoms with E-state index < -0.39 is 5.97 Å². The summed E-state index contributed by atoms with van der Waals surface area (Å²) in [7, 11) is 0. The maximum atomic E-state index is 11.7. The summed E-state index contributed by atoms with van der Waals surface area (Å²) in [4.78, 5) is 22.4. The molecule has 1 aromatic heterocycles. The van der Waals surface area contributed by atoms with Gasteiger partial charge < -0.3 is 20.2 Å². The van der Waals surface area contributed by atoms with Crippen LogP contribution < -0.4 is 10.6 Å². The van der Waals surface area contributed by atoms with Gasteiger partial charge in [-0.3, -0.25) is 4.79 Å². The molecule has 2 heterocycles. The maximum Gasteiger partial charge on any atom is 0.371 e. The number of carboxylic acids is 1. The summed E-state index contributed by atoms with van der Waals surface area (Å²) in [6, 6.07) is 2.95. The molecule has 1 aliphatic heterocycles. The number of hydrogen-bond acceptors (Lipinski definition) is 4. The third kappa shape index (κ3) is 4.38. The van der Waals surface area contributed by atoms with E-state index in [1.165, 1.54) is 18.9 Å². The van der Waals surface area contributed by atoms with Crippen molar-refractivity contribution in [1.82, 2.24) is 10.6 Å². The second-order valence-electron chi connectivity index (χ2n) is 5.10. The Balaban J connectivity index is 1.67. The van der Waals surface area contributed by atoms with Crippen LogP contribution in [0, 0.1) is 5.92 Å². The van der Waals surface area contributed by atoms with Crippen LogP contribution in [0.15, 0.2) is 16.5 Å². The summed E-state index contributed by atoms with van der Waals surface area (Å²) in [5, 5.41) is 14.8. The molecule has 3 N–H and O–H groups in total. The molecule has 0 aliphatic carbocycles. The van der Waals surface area contributed by atoms with Crippen molar-refractivity contribution >= 4 is 11.9 Å². The highest BCUT2D eigenvalue weighted by atomic mass is 16.4. The second-order valence-corrected chi connectivity index (χ2v) is 5.10. The Bertz CT molecular complexity index is 463. The van der Waals surface area contributed by atoms with Gasteiger partial charge in [-0.05, 0) is 50.4 Å². The first-order valence-corrected chi connectivity index (χ1v) is 6.94. The fraction of sp³-hybridized carbons (Fsp3) is 0.571. The first kappa shape index (κ1) is 14.6. The average molecular weight is 280 g/mol. The van der Waals surface area contributed by atoms with Crippen molar-refractivity contribution in [3.63, 3.8) is 0 Å². The summed E-state index contributed by atoms with van der Waals surface area (Å²) in [5.74, 6) is -0.203. The normalized spacial score (nSPS) is 18.7. The number of carbonyl (C=O) groups is 2. The Hall–Kier alpha value is -1.82. The maximum absolute atomic E-state index is 11.7. The van der Waals surface area contributed by atoms with E-state index in [0.29, 0.717) is 18.1 Å². The van der Waals surface area contributed by atoms with Gasteiger partial charge in [0, 0.05) is 6.42 Å². The average Bonchev–Trinajstić information content (AvgIpc) is 2.93.